The zero-order valence-electron chi connectivity index (χ0n) is 12.1. The number of hydrogen-bond acceptors (Lipinski definition) is 3. The van der Waals surface area contributed by atoms with Crippen molar-refractivity contribution in [1.29, 1.82) is 0 Å². The van der Waals surface area contributed by atoms with Gasteiger partial charge < -0.3 is 0 Å². The van der Waals surface area contributed by atoms with Crippen molar-refractivity contribution in [3.8, 4) is 0 Å². The fraction of sp³-hybridized carbons (Fsp3) is 0.857. The molecule has 105 valence electrons. The number of unbranched alkanes of at least 4 members (excludes halogenated alkanes) is 3. The Bertz CT molecular complexity index is 205. The Morgan fingerprint density at radius 2 is 1.11 bits per heavy atom. The summed E-state index contributed by atoms with van der Waals surface area (Å²) in [6.07, 6.45) is 6.59. The SMILES string of the molecule is CCCCO[C]([Sn])=C(OCCCC)OCCCC. The molecule has 0 saturated heterocycles. The summed E-state index contributed by atoms with van der Waals surface area (Å²) in [7, 11) is 0. The van der Waals surface area contributed by atoms with Gasteiger partial charge in [0.15, 0.2) is 0 Å². The van der Waals surface area contributed by atoms with Crippen LogP contribution in [0.25, 0.3) is 0 Å². The topological polar surface area (TPSA) is 27.7 Å². The van der Waals surface area contributed by atoms with E-state index in [2.05, 4.69) is 20.8 Å². The average Bonchev–Trinajstić information content (AvgIpc) is 2.37. The van der Waals surface area contributed by atoms with E-state index in [4.69, 9.17) is 14.2 Å². The molecule has 0 N–H and O–H groups in total. The standard InChI is InChI=1S/C14H27O3.Sn/c1-4-7-10-15-13-14(16-11-8-5-2)17-12-9-6-3;/h4-12H2,1-3H3;. The monoisotopic (exact) mass is 363 g/mol. The molecule has 0 aliphatic carbocycles. The Morgan fingerprint density at radius 3 is 1.50 bits per heavy atom. The van der Waals surface area contributed by atoms with Gasteiger partial charge in [-0.2, -0.15) is 0 Å². The molecular weight excluding hydrogens is 335 g/mol. The van der Waals surface area contributed by atoms with Crippen LogP contribution in [0.15, 0.2) is 9.72 Å². The fourth-order valence-electron chi connectivity index (χ4n) is 1.17. The molecule has 0 aromatic carbocycles. The molecule has 4 heteroatoms. The van der Waals surface area contributed by atoms with Crippen LogP contribution in [0.1, 0.15) is 59.3 Å². The zero-order valence-corrected chi connectivity index (χ0v) is 14.9. The Hall–Kier alpha value is -0.0613. The van der Waals surface area contributed by atoms with E-state index in [1.807, 2.05) is 0 Å². The maximum atomic E-state index is 5.68. The minimum atomic E-state index is 0.617. The van der Waals surface area contributed by atoms with Crippen molar-refractivity contribution in [3.05, 3.63) is 9.72 Å². The van der Waals surface area contributed by atoms with Gasteiger partial charge in [0.05, 0.1) is 0 Å². The second-order valence-corrected chi connectivity index (χ2v) is 5.52. The summed E-state index contributed by atoms with van der Waals surface area (Å²) in [5.41, 5.74) is 0. The third-order valence-electron chi connectivity index (χ3n) is 2.39. The van der Waals surface area contributed by atoms with Gasteiger partial charge in [0.2, 0.25) is 0 Å². The van der Waals surface area contributed by atoms with Crippen molar-refractivity contribution in [2.45, 2.75) is 59.3 Å². The van der Waals surface area contributed by atoms with E-state index in [-0.39, 0.29) is 0 Å². The van der Waals surface area contributed by atoms with Gasteiger partial charge in [-0.1, -0.05) is 0 Å². The van der Waals surface area contributed by atoms with Crippen LogP contribution in [0.5, 0.6) is 0 Å². The average molecular weight is 362 g/mol. The van der Waals surface area contributed by atoms with Crippen molar-refractivity contribution in [3.63, 3.8) is 0 Å². The van der Waals surface area contributed by atoms with Crippen molar-refractivity contribution >= 4 is 22.5 Å². The van der Waals surface area contributed by atoms with Gasteiger partial charge in [-0.3, -0.25) is 0 Å². The first-order valence-electron chi connectivity index (χ1n) is 7.10. The molecule has 18 heavy (non-hydrogen) atoms. The van der Waals surface area contributed by atoms with Gasteiger partial charge in [-0.05, 0) is 0 Å². The van der Waals surface area contributed by atoms with E-state index in [0.29, 0.717) is 19.2 Å². The quantitative estimate of drug-likeness (QED) is 0.301. The van der Waals surface area contributed by atoms with Crippen LogP contribution < -0.4 is 0 Å². The molecule has 0 bridgehead atoms. The molecule has 0 heterocycles. The molecule has 0 unspecified atom stereocenters. The van der Waals surface area contributed by atoms with E-state index < -0.39 is 0 Å². The maximum absolute atomic E-state index is 5.68. The molecule has 0 aromatic heterocycles. The second kappa shape index (κ2) is 13.4. The van der Waals surface area contributed by atoms with Gasteiger partial charge in [0.1, 0.15) is 0 Å². The van der Waals surface area contributed by atoms with Crippen LogP contribution in [0.4, 0.5) is 0 Å². The molecule has 0 rings (SSSR count). The van der Waals surface area contributed by atoms with E-state index in [9.17, 15) is 0 Å². The molecule has 0 fully saturated rings. The van der Waals surface area contributed by atoms with Crippen LogP contribution in [0.3, 0.4) is 0 Å². The summed E-state index contributed by atoms with van der Waals surface area (Å²) in [4.78, 5) is 0. The van der Waals surface area contributed by atoms with E-state index in [1.165, 1.54) is 22.5 Å². The number of rotatable bonds is 12. The predicted octanol–water partition coefficient (Wildman–Crippen LogP) is 3.73. The van der Waals surface area contributed by atoms with Crippen molar-refractivity contribution in [2.75, 3.05) is 19.8 Å². The third-order valence-corrected chi connectivity index (χ3v) is 3.39. The molecule has 0 atom stereocenters. The van der Waals surface area contributed by atoms with Crippen LogP contribution in [-0.4, -0.2) is 42.3 Å². The minimum absolute atomic E-state index is 0.617. The molecule has 3 radical (unpaired) electrons. The first kappa shape index (κ1) is 17.9. The predicted molar refractivity (Wildman–Crippen MR) is 75.4 cm³/mol. The first-order chi connectivity index (χ1) is 8.76. The van der Waals surface area contributed by atoms with Gasteiger partial charge in [-0.15, -0.1) is 0 Å². The summed E-state index contributed by atoms with van der Waals surface area (Å²) in [6.45, 7) is 8.66. The molecule has 0 amide bonds. The van der Waals surface area contributed by atoms with E-state index in [0.717, 1.165) is 48.9 Å². The summed E-state index contributed by atoms with van der Waals surface area (Å²) >= 11 is 1.22. The van der Waals surface area contributed by atoms with Crippen LogP contribution in [0.2, 0.25) is 0 Å². The van der Waals surface area contributed by atoms with E-state index >= 15 is 0 Å². The first-order valence-corrected chi connectivity index (χ1v) is 8.53. The van der Waals surface area contributed by atoms with Gasteiger partial charge in [0.25, 0.3) is 0 Å². The Kier molecular flexibility index (Phi) is 13.3. The molecule has 0 spiro atoms. The third kappa shape index (κ3) is 9.92. The van der Waals surface area contributed by atoms with Crippen molar-refractivity contribution in [2.24, 2.45) is 0 Å². The number of ether oxygens (including phenoxy) is 3. The summed E-state index contributed by atoms with van der Waals surface area (Å²) in [5, 5.41) is 0. The molecule has 0 saturated carbocycles. The zero-order chi connectivity index (χ0) is 13.6. The van der Waals surface area contributed by atoms with Gasteiger partial charge >= 0.3 is 126 Å². The van der Waals surface area contributed by atoms with Gasteiger partial charge in [-0.25, -0.2) is 0 Å². The molecular formula is C14H27O3Sn. The molecule has 3 nitrogen and oxygen atoms in total. The number of hydrogen-bond donors (Lipinski definition) is 0. The van der Waals surface area contributed by atoms with Crippen molar-refractivity contribution < 1.29 is 14.2 Å². The Morgan fingerprint density at radius 1 is 0.722 bits per heavy atom. The molecule has 0 aliphatic heterocycles. The van der Waals surface area contributed by atoms with Crippen molar-refractivity contribution in [1.82, 2.24) is 0 Å². The van der Waals surface area contributed by atoms with Gasteiger partial charge in [0, 0.05) is 0 Å². The Labute approximate surface area is 125 Å². The summed E-state index contributed by atoms with van der Waals surface area (Å²) in [6, 6.07) is 0. The summed E-state index contributed by atoms with van der Waals surface area (Å²) in [5.74, 6) is 0.617. The van der Waals surface area contributed by atoms with Crippen LogP contribution in [-0.2, 0) is 14.2 Å². The fourth-order valence-corrected chi connectivity index (χ4v) is 1.87. The normalized spacial score (nSPS) is 10.0. The molecule has 0 aliphatic rings. The van der Waals surface area contributed by atoms with Crippen LogP contribution >= 0.6 is 0 Å². The molecule has 0 aromatic rings. The van der Waals surface area contributed by atoms with Crippen LogP contribution in [0, 0.1) is 0 Å². The second-order valence-electron chi connectivity index (χ2n) is 4.22. The Balaban J connectivity index is 4.16. The summed E-state index contributed by atoms with van der Waals surface area (Å²) < 4.78 is 17.9. The van der Waals surface area contributed by atoms with E-state index in [1.54, 1.807) is 0 Å².